The number of nitrogens with zero attached hydrogens (tertiary/aromatic N) is 1. The van der Waals surface area contributed by atoms with Crippen LogP contribution in [0.2, 0.25) is 0 Å². The summed E-state index contributed by atoms with van der Waals surface area (Å²) in [7, 11) is 3.22. The molecule has 0 aliphatic carbocycles. The number of hydrazone groups is 1. The van der Waals surface area contributed by atoms with Crippen molar-refractivity contribution in [2.45, 2.75) is 13.8 Å². The molecule has 0 aliphatic heterocycles. The number of halogens is 1. The lowest BCUT2D eigenvalue weighted by atomic mass is 10.1. The Morgan fingerprint density at radius 1 is 1.05 bits per heavy atom. The third kappa shape index (κ3) is 3.80. The number of anilines is 1. The molecule has 0 spiro atoms. The summed E-state index contributed by atoms with van der Waals surface area (Å²) in [5.74, 6) is 1.31. The number of aryl methyl sites for hydroxylation is 2. The third-order valence-corrected chi connectivity index (χ3v) is 3.83. The quantitative estimate of drug-likeness (QED) is 0.627. The van der Waals surface area contributed by atoms with Gasteiger partial charge in [0.15, 0.2) is 11.5 Å². The molecule has 116 valence electrons. The van der Waals surface area contributed by atoms with Gasteiger partial charge in [0.05, 0.1) is 26.1 Å². The van der Waals surface area contributed by atoms with Crippen LogP contribution in [0, 0.1) is 13.8 Å². The van der Waals surface area contributed by atoms with Crippen molar-refractivity contribution in [2.75, 3.05) is 19.6 Å². The molecule has 4 nitrogen and oxygen atoms in total. The number of rotatable bonds is 5. The Labute approximate surface area is 139 Å². The summed E-state index contributed by atoms with van der Waals surface area (Å²) in [5, 5.41) is 4.28. The maximum atomic E-state index is 5.40. The van der Waals surface area contributed by atoms with Crippen molar-refractivity contribution < 1.29 is 9.47 Å². The first-order valence-corrected chi connectivity index (χ1v) is 7.62. The first-order chi connectivity index (χ1) is 10.5. The van der Waals surface area contributed by atoms with Gasteiger partial charge in [-0.15, -0.1) is 0 Å². The summed E-state index contributed by atoms with van der Waals surface area (Å²) in [5.41, 5.74) is 7.28. The minimum atomic E-state index is 0.649. The van der Waals surface area contributed by atoms with Crippen molar-refractivity contribution in [1.29, 1.82) is 0 Å². The zero-order valence-corrected chi connectivity index (χ0v) is 14.7. The zero-order valence-electron chi connectivity index (χ0n) is 13.1. The lowest BCUT2D eigenvalue weighted by Crippen LogP contribution is -1.97. The Morgan fingerprint density at radius 3 is 2.45 bits per heavy atom. The van der Waals surface area contributed by atoms with Crippen molar-refractivity contribution >= 4 is 27.8 Å². The predicted molar refractivity (Wildman–Crippen MR) is 94.4 cm³/mol. The maximum absolute atomic E-state index is 5.40. The average Bonchev–Trinajstić information content (AvgIpc) is 2.50. The molecule has 2 aromatic carbocycles. The fraction of sp³-hybridized carbons (Fsp3) is 0.235. The number of benzene rings is 2. The number of ether oxygens (including phenoxy) is 2. The summed E-state index contributed by atoms with van der Waals surface area (Å²) in [6.07, 6.45) is 1.71. The molecule has 2 aromatic rings. The fourth-order valence-electron chi connectivity index (χ4n) is 2.04. The van der Waals surface area contributed by atoms with Crippen molar-refractivity contribution in [3.63, 3.8) is 0 Å². The maximum Gasteiger partial charge on any atom is 0.169 e. The van der Waals surface area contributed by atoms with Crippen LogP contribution in [0.1, 0.15) is 16.7 Å². The van der Waals surface area contributed by atoms with E-state index in [1.807, 2.05) is 18.2 Å². The Balaban J connectivity index is 2.22. The van der Waals surface area contributed by atoms with E-state index in [-0.39, 0.29) is 0 Å². The molecular weight excluding hydrogens is 344 g/mol. The monoisotopic (exact) mass is 362 g/mol. The van der Waals surface area contributed by atoms with E-state index in [2.05, 4.69) is 52.4 Å². The highest BCUT2D eigenvalue weighted by Crippen LogP contribution is 2.33. The van der Waals surface area contributed by atoms with Gasteiger partial charge in [0.2, 0.25) is 0 Å². The molecule has 0 bridgehead atoms. The molecule has 0 aromatic heterocycles. The molecule has 22 heavy (non-hydrogen) atoms. The highest BCUT2D eigenvalue weighted by Gasteiger charge is 2.10. The molecule has 0 unspecified atom stereocenters. The number of nitrogens with one attached hydrogen (secondary N) is 1. The molecule has 5 heteroatoms. The van der Waals surface area contributed by atoms with Crippen LogP contribution in [-0.4, -0.2) is 20.4 Å². The lowest BCUT2D eigenvalue weighted by molar-refractivity contribution is 0.354. The van der Waals surface area contributed by atoms with Gasteiger partial charge in [-0.3, -0.25) is 5.43 Å². The van der Waals surface area contributed by atoms with E-state index in [1.165, 1.54) is 11.1 Å². The molecule has 0 amide bonds. The summed E-state index contributed by atoms with van der Waals surface area (Å²) < 4.78 is 11.6. The van der Waals surface area contributed by atoms with E-state index < -0.39 is 0 Å². The molecule has 0 saturated heterocycles. The van der Waals surface area contributed by atoms with Gasteiger partial charge in [0, 0.05) is 10.0 Å². The molecule has 0 saturated carbocycles. The average molecular weight is 363 g/mol. The van der Waals surface area contributed by atoms with E-state index in [0.29, 0.717) is 11.5 Å². The standard InChI is InChI=1S/C17H19BrN2O2/c1-11-5-6-15(7-12(11)2)20-19-10-13-8-14(18)9-16(21-3)17(13)22-4/h5-10,20H,1-4H3/b19-10+. The topological polar surface area (TPSA) is 42.8 Å². The van der Waals surface area contributed by atoms with Crippen LogP contribution in [0.5, 0.6) is 11.5 Å². The fourth-order valence-corrected chi connectivity index (χ4v) is 2.50. The van der Waals surface area contributed by atoms with Crippen LogP contribution in [0.25, 0.3) is 0 Å². The molecule has 2 rings (SSSR count). The van der Waals surface area contributed by atoms with Crippen LogP contribution in [0.3, 0.4) is 0 Å². The summed E-state index contributed by atoms with van der Waals surface area (Å²) in [6, 6.07) is 9.90. The van der Waals surface area contributed by atoms with Gasteiger partial charge in [0.25, 0.3) is 0 Å². The first kappa shape index (κ1) is 16.4. The Morgan fingerprint density at radius 2 is 1.82 bits per heavy atom. The molecule has 0 atom stereocenters. The third-order valence-electron chi connectivity index (χ3n) is 3.38. The van der Waals surface area contributed by atoms with Gasteiger partial charge in [-0.1, -0.05) is 22.0 Å². The SMILES string of the molecule is COc1cc(Br)cc(/C=N/Nc2ccc(C)c(C)c2)c1OC. The summed E-state index contributed by atoms with van der Waals surface area (Å²) >= 11 is 3.45. The van der Waals surface area contributed by atoms with Crippen LogP contribution < -0.4 is 14.9 Å². The Kier molecular flexibility index (Phi) is 5.44. The predicted octanol–water partition coefficient (Wildman–Crippen LogP) is 4.53. The largest absolute Gasteiger partial charge is 0.493 e. The summed E-state index contributed by atoms with van der Waals surface area (Å²) in [6.45, 7) is 4.16. The van der Waals surface area contributed by atoms with Crippen LogP contribution >= 0.6 is 15.9 Å². The van der Waals surface area contributed by atoms with Crippen molar-refractivity contribution in [3.05, 3.63) is 51.5 Å². The smallest absolute Gasteiger partial charge is 0.169 e. The van der Waals surface area contributed by atoms with E-state index >= 15 is 0 Å². The summed E-state index contributed by atoms with van der Waals surface area (Å²) in [4.78, 5) is 0. The highest BCUT2D eigenvalue weighted by molar-refractivity contribution is 9.10. The molecule has 0 heterocycles. The minimum Gasteiger partial charge on any atom is -0.493 e. The minimum absolute atomic E-state index is 0.649. The second kappa shape index (κ2) is 7.31. The molecule has 0 radical (unpaired) electrons. The number of hydrogen-bond acceptors (Lipinski definition) is 4. The van der Waals surface area contributed by atoms with E-state index in [9.17, 15) is 0 Å². The second-order valence-electron chi connectivity index (χ2n) is 4.90. The van der Waals surface area contributed by atoms with E-state index in [4.69, 9.17) is 9.47 Å². The van der Waals surface area contributed by atoms with Crippen molar-refractivity contribution in [2.24, 2.45) is 5.10 Å². The highest BCUT2D eigenvalue weighted by atomic mass is 79.9. The van der Waals surface area contributed by atoms with Crippen molar-refractivity contribution in [1.82, 2.24) is 0 Å². The molecular formula is C17H19BrN2O2. The van der Waals surface area contributed by atoms with Gasteiger partial charge in [-0.2, -0.15) is 5.10 Å². The zero-order chi connectivity index (χ0) is 16.1. The Hall–Kier alpha value is -2.01. The van der Waals surface area contributed by atoms with Crippen molar-refractivity contribution in [3.8, 4) is 11.5 Å². The normalized spacial score (nSPS) is 10.8. The second-order valence-corrected chi connectivity index (χ2v) is 5.82. The lowest BCUT2D eigenvalue weighted by Gasteiger charge is -2.11. The molecule has 0 aliphatic rings. The first-order valence-electron chi connectivity index (χ1n) is 6.83. The van der Waals surface area contributed by atoms with Gasteiger partial charge >= 0.3 is 0 Å². The van der Waals surface area contributed by atoms with Crippen LogP contribution in [-0.2, 0) is 0 Å². The van der Waals surface area contributed by atoms with Crippen LogP contribution in [0.15, 0.2) is 39.9 Å². The van der Waals surface area contributed by atoms with E-state index in [1.54, 1.807) is 20.4 Å². The van der Waals surface area contributed by atoms with E-state index in [0.717, 1.165) is 15.7 Å². The van der Waals surface area contributed by atoms with Gasteiger partial charge in [-0.05, 0) is 49.2 Å². The molecule has 1 N–H and O–H groups in total. The Bertz CT molecular complexity index is 699. The number of hydrogen-bond donors (Lipinski definition) is 1. The number of methoxy groups -OCH3 is 2. The van der Waals surface area contributed by atoms with Gasteiger partial charge < -0.3 is 9.47 Å². The van der Waals surface area contributed by atoms with Gasteiger partial charge in [-0.25, -0.2) is 0 Å². The van der Waals surface area contributed by atoms with Crippen LogP contribution in [0.4, 0.5) is 5.69 Å². The van der Waals surface area contributed by atoms with Gasteiger partial charge in [0.1, 0.15) is 0 Å². The molecule has 0 fully saturated rings.